The summed E-state index contributed by atoms with van der Waals surface area (Å²) in [6.07, 6.45) is 3.26. The van der Waals surface area contributed by atoms with Gasteiger partial charge in [-0.15, -0.1) is 0 Å². The van der Waals surface area contributed by atoms with Gasteiger partial charge in [-0.05, 0) is 5.56 Å². The van der Waals surface area contributed by atoms with Gasteiger partial charge in [-0.3, -0.25) is 4.18 Å². The highest BCUT2D eigenvalue weighted by atomic mass is 32.2. The van der Waals surface area contributed by atoms with Crippen molar-refractivity contribution in [3.05, 3.63) is 48.5 Å². The topological polar surface area (TPSA) is 100 Å². The molecule has 2 aromatic rings. The summed E-state index contributed by atoms with van der Waals surface area (Å²) in [4.78, 5) is 3.87. The summed E-state index contributed by atoms with van der Waals surface area (Å²) in [5.74, 6) is 0. The number of benzene rings is 1. The molecule has 0 unspecified atom stereocenters. The van der Waals surface area contributed by atoms with E-state index in [9.17, 15) is 8.42 Å². The van der Waals surface area contributed by atoms with Gasteiger partial charge in [0.15, 0.2) is 0 Å². The quantitative estimate of drug-likeness (QED) is 0.917. The molecule has 1 heterocycles. The van der Waals surface area contributed by atoms with Gasteiger partial charge in [0.05, 0.1) is 13.7 Å². The van der Waals surface area contributed by atoms with E-state index in [4.69, 9.17) is 0 Å². The fraction of sp³-hybridized carbons (Fsp3) is 0.333. The van der Waals surface area contributed by atoms with Gasteiger partial charge in [-0.2, -0.15) is 13.5 Å². The van der Waals surface area contributed by atoms with E-state index in [0.717, 1.165) is 13.7 Å². The highest BCUT2D eigenvalue weighted by Gasteiger charge is 1.92. The van der Waals surface area contributed by atoms with Crippen molar-refractivity contribution in [3.8, 4) is 0 Å². The molecule has 0 saturated heterocycles. The maximum absolute atomic E-state index is 9.56. The van der Waals surface area contributed by atoms with Gasteiger partial charge in [-0.25, -0.2) is 14.8 Å². The average Bonchev–Trinajstić information content (AvgIpc) is 2.95. The van der Waals surface area contributed by atoms with Gasteiger partial charge in [-0.1, -0.05) is 44.2 Å². The monoisotopic (exact) mass is 300 g/mol. The fourth-order valence-electron chi connectivity index (χ4n) is 1.08. The summed E-state index contributed by atoms with van der Waals surface area (Å²) in [6.45, 7) is 4.79. The van der Waals surface area contributed by atoms with Crippen molar-refractivity contribution in [2.75, 3.05) is 7.11 Å². The Labute approximate surface area is 119 Å². The standard InChI is InChI=1S/C9H9N3.C2H6.CH5NO3S/c1-2-4-9(5-3-1)6-12-8-10-7-11-12;1-2;1-5-6(2,3)4/h1-5,7-8H,6H2;1-2H3;1H3,(H2,2,3,4). The van der Waals surface area contributed by atoms with Crippen LogP contribution < -0.4 is 5.14 Å². The lowest BCUT2D eigenvalue weighted by Gasteiger charge is -1.98. The summed E-state index contributed by atoms with van der Waals surface area (Å²) >= 11 is 0. The maximum atomic E-state index is 9.56. The van der Waals surface area contributed by atoms with Gasteiger partial charge in [0.2, 0.25) is 0 Å². The zero-order valence-corrected chi connectivity index (χ0v) is 12.6. The predicted molar refractivity (Wildman–Crippen MR) is 77.0 cm³/mol. The van der Waals surface area contributed by atoms with E-state index < -0.39 is 10.3 Å². The Morgan fingerprint density at radius 3 is 2.20 bits per heavy atom. The lowest BCUT2D eigenvalue weighted by Crippen LogP contribution is -2.12. The minimum Gasteiger partial charge on any atom is -0.262 e. The third kappa shape index (κ3) is 9.20. The van der Waals surface area contributed by atoms with Crippen LogP contribution in [0.15, 0.2) is 43.0 Å². The third-order valence-electron chi connectivity index (χ3n) is 1.89. The molecule has 0 aliphatic rings. The Kier molecular flexibility index (Phi) is 9.18. The molecule has 1 aromatic carbocycles. The first-order valence-corrected chi connectivity index (χ1v) is 7.43. The number of rotatable bonds is 3. The Bertz CT molecular complexity index is 541. The van der Waals surface area contributed by atoms with E-state index in [0.29, 0.717) is 0 Å². The smallest absolute Gasteiger partial charge is 0.262 e. The van der Waals surface area contributed by atoms with Crippen LogP contribution in [-0.2, 0) is 21.0 Å². The first-order chi connectivity index (χ1) is 9.51. The molecule has 0 spiro atoms. The van der Waals surface area contributed by atoms with Gasteiger partial charge in [0.25, 0.3) is 0 Å². The normalized spacial score (nSPS) is 9.80. The van der Waals surface area contributed by atoms with Crippen LogP contribution >= 0.6 is 0 Å². The van der Waals surface area contributed by atoms with E-state index >= 15 is 0 Å². The number of aromatic nitrogens is 3. The molecule has 7 nitrogen and oxygen atoms in total. The van der Waals surface area contributed by atoms with Gasteiger partial charge >= 0.3 is 10.3 Å². The molecule has 112 valence electrons. The lowest BCUT2D eigenvalue weighted by molar-refractivity contribution is 0.399. The first-order valence-electron chi connectivity index (χ1n) is 5.96. The molecule has 0 aliphatic heterocycles. The van der Waals surface area contributed by atoms with Gasteiger partial charge in [0.1, 0.15) is 12.7 Å². The summed E-state index contributed by atoms with van der Waals surface area (Å²) < 4.78 is 24.6. The molecule has 0 atom stereocenters. The van der Waals surface area contributed by atoms with E-state index in [2.05, 4.69) is 31.5 Å². The van der Waals surface area contributed by atoms with Crippen LogP contribution in [0.4, 0.5) is 0 Å². The van der Waals surface area contributed by atoms with Crippen molar-refractivity contribution >= 4 is 10.3 Å². The first kappa shape index (κ1) is 18.2. The summed E-state index contributed by atoms with van der Waals surface area (Å²) in [7, 11) is -2.67. The molecule has 1 aromatic heterocycles. The molecular weight excluding hydrogens is 280 g/mol. The number of nitrogens with two attached hydrogens (primary N) is 1. The molecule has 0 radical (unpaired) electrons. The van der Waals surface area contributed by atoms with E-state index in [-0.39, 0.29) is 0 Å². The largest absolute Gasteiger partial charge is 0.333 e. The van der Waals surface area contributed by atoms with Crippen molar-refractivity contribution < 1.29 is 12.6 Å². The summed E-state index contributed by atoms with van der Waals surface area (Å²) in [5.41, 5.74) is 1.24. The second-order valence-electron chi connectivity index (χ2n) is 3.24. The van der Waals surface area contributed by atoms with E-state index in [1.54, 1.807) is 17.3 Å². The summed E-state index contributed by atoms with van der Waals surface area (Å²) in [6, 6.07) is 10.2. The number of hydrogen-bond donors (Lipinski definition) is 1. The maximum Gasteiger partial charge on any atom is 0.333 e. The van der Waals surface area contributed by atoms with Crippen molar-refractivity contribution in [1.29, 1.82) is 0 Å². The second kappa shape index (κ2) is 10.1. The van der Waals surface area contributed by atoms with E-state index in [1.165, 1.54) is 5.56 Å². The Morgan fingerprint density at radius 1 is 1.25 bits per heavy atom. The molecule has 2 rings (SSSR count). The van der Waals surface area contributed by atoms with Crippen LogP contribution in [0.25, 0.3) is 0 Å². The van der Waals surface area contributed by atoms with Gasteiger partial charge < -0.3 is 0 Å². The Morgan fingerprint density at radius 2 is 1.80 bits per heavy atom. The van der Waals surface area contributed by atoms with Crippen LogP contribution in [0.3, 0.4) is 0 Å². The zero-order valence-electron chi connectivity index (χ0n) is 11.8. The van der Waals surface area contributed by atoms with Crippen molar-refractivity contribution in [1.82, 2.24) is 14.8 Å². The van der Waals surface area contributed by atoms with Crippen molar-refractivity contribution in [3.63, 3.8) is 0 Å². The molecule has 0 saturated carbocycles. The van der Waals surface area contributed by atoms with Crippen LogP contribution in [-0.4, -0.2) is 30.3 Å². The van der Waals surface area contributed by atoms with Crippen molar-refractivity contribution in [2.24, 2.45) is 5.14 Å². The number of hydrogen-bond acceptors (Lipinski definition) is 5. The van der Waals surface area contributed by atoms with Crippen LogP contribution in [0.5, 0.6) is 0 Å². The zero-order chi connectivity index (χ0) is 15.4. The Hall–Kier alpha value is -1.77. The molecule has 20 heavy (non-hydrogen) atoms. The van der Waals surface area contributed by atoms with Crippen LogP contribution in [0.1, 0.15) is 19.4 Å². The fourth-order valence-corrected chi connectivity index (χ4v) is 1.08. The summed E-state index contributed by atoms with van der Waals surface area (Å²) in [5, 5.41) is 8.30. The molecule has 2 N–H and O–H groups in total. The van der Waals surface area contributed by atoms with Crippen LogP contribution in [0.2, 0.25) is 0 Å². The van der Waals surface area contributed by atoms with E-state index in [1.807, 2.05) is 32.0 Å². The molecule has 8 heteroatoms. The molecular formula is C12H20N4O3S. The minimum atomic E-state index is -3.66. The van der Waals surface area contributed by atoms with Crippen molar-refractivity contribution in [2.45, 2.75) is 20.4 Å². The average molecular weight is 300 g/mol. The molecule has 0 bridgehead atoms. The molecule has 0 fully saturated rings. The SMILES string of the molecule is CC.COS(N)(=O)=O.c1ccc(Cn2cncn2)cc1. The molecule has 0 aliphatic carbocycles. The highest BCUT2D eigenvalue weighted by molar-refractivity contribution is 7.84. The third-order valence-corrected chi connectivity index (χ3v) is 2.35. The lowest BCUT2D eigenvalue weighted by atomic mass is 10.2. The Balaban J connectivity index is 0.000000387. The molecule has 0 amide bonds. The van der Waals surface area contributed by atoms with Crippen LogP contribution in [0, 0.1) is 0 Å². The highest BCUT2D eigenvalue weighted by Crippen LogP contribution is 1.99. The predicted octanol–water partition coefficient (Wildman–Crippen LogP) is 1.19. The second-order valence-corrected chi connectivity index (χ2v) is 4.56. The van der Waals surface area contributed by atoms with Gasteiger partial charge in [0, 0.05) is 0 Å². The minimum absolute atomic E-state index is 0.792. The number of nitrogens with zero attached hydrogens (tertiary/aromatic N) is 3.